The van der Waals surface area contributed by atoms with Crippen molar-refractivity contribution in [2.24, 2.45) is 0 Å². The van der Waals surface area contributed by atoms with Crippen molar-refractivity contribution >= 4 is 29.1 Å². The van der Waals surface area contributed by atoms with E-state index >= 15 is 0 Å². The van der Waals surface area contributed by atoms with Gasteiger partial charge in [0.2, 0.25) is 0 Å². The molecule has 3 rings (SSSR count). The lowest BCUT2D eigenvalue weighted by Crippen LogP contribution is -2.27. The van der Waals surface area contributed by atoms with Crippen LogP contribution < -0.4 is 5.32 Å². The van der Waals surface area contributed by atoms with E-state index in [2.05, 4.69) is 10.3 Å². The number of nitrogens with one attached hydrogen (secondary N) is 1. The van der Waals surface area contributed by atoms with E-state index < -0.39 is 0 Å². The molecular weight excluding hydrogens is 374 g/mol. The van der Waals surface area contributed by atoms with Crippen LogP contribution in [0.3, 0.4) is 0 Å². The van der Waals surface area contributed by atoms with E-state index in [1.165, 1.54) is 12.3 Å². The molecule has 142 valence electrons. The average molecular weight is 394 g/mol. The van der Waals surface area contributed by atoms with Crippen molar-refractivity contribution in [3.05, 3.63) is 94.3 Å². The Morgan fingerprint density at radius 3 is 2.57 bits per heavy atom. The summed E-state index contributed by atoms with van der Waals surface area (Å²) in [6, 6.07) is 18.1. The smallest absolute Gasteiger partial charge is 0.272 e. The molecule has 0 unspecified atom stereocenters. The van der Waals surface area contributed by atoms with Crippen molar-refractivity contribution in [1.82, 2.24) is 9.88 Å². The highest BCUT2D eigenvalue weighted by Gasteiger charge is 2.16. The first-order valence-corrected chi connectivity index (χ1v) is 9.15. The van der Waals surface area contributed by atoms with Crippen LogP contribution in [0.25, 0.3) is 0 Å². The number of benzene rings is 2. The van der Waals surface area contributed by atoms with Gasteiger partial charge in [0.25, 0.3) is 11.8 Å². The summed E-state index contributed by atoms with van der Waals surface area (Å²) in [5, 5.41) is 3.40. The zero-order valence-electron chi connectivity index (χ0n) is 15.6. The molecule has 2 amide bonds. The van der Waals surface area contributed by atoms with Crippen molar-refractivity contribution in [3.8, 4) is 0 Å². The fourth-order valence-electron chi connectivity index (χ4n) is 2.75. The third-order valence-electron chi connectivity index (χ3n) is 4.37. The second-order valence-electron chi connectivity index (χ2n) is 6.44. The highest BCUT2D eigenvalue weighted by molar-refractivity contribution is 6.31. The maximum Gasteiger partial charge on any atom is 0.272 e. The molecule has 0 aliphatic heterocycles. The summed E-state index contributed by atoms with van der Waals surface area (Å²) in [7, 11) is 1.71. The van der Waals surface area contributed by atoms with Crippen LogP contribution in [0.1, 0.15) is 32.0 Å². The molecule has 0 atom stereocenters. The molecule has 3 aromatic rings. The lowest BCUT2D eigenvalue weighted by molar-refractivity contribution is 0.0779. The molecule has 0 fully saturated rings. The van der Waals surface area contributed by atoms with Gasteiger partial charge in [-0.3, -0.25) is 14.6 Å². The minimum absolute atomic E-state index is 0.217. The quantitative estimate of drug-likeness (QED) is 0.690. The number of pyridine rings is 1. The van der Waals surface area contributed by atoms with Crippen molar-refractivity contribution < 1.29 is 9.59 Å². The molecular formula is C22H20ClN3O2. The Labute approximate surface area is 169 Å². The molecule has 1 aromatic heterocycles. The largest absolute Gasteiger partial charge is 0.336 e. The predicted octanol–water partition coefficient (Wildman–Crippen LogP) is 4.57. The van der Waals surface area contributed by atoms with Gasteiger partial charge in [-0.25, -0.2) is 0 Å². The molecule has 5 nitrogen and oxygen atoms in total. The van der Waals surface area contributed by atoms with Crippen molar-refractivity contribution in [2.75, 3.05) is 12.4 Å². The molecule has 1 heterocycles. The third kappa shape index (κ3) is 4.56. The summed E-state index contributed by atoms with van der Waals surface area (Å²) in [4.78, 5) is 31.0. The monoisotopic (exact) mass is 393 g/mol. The lowest BCUT2D eigenvalue weighted by atomic mass is 10.1. The Morgan fingerprint density at radius 2 is 1.82 bits per heavy atom. The zero-order valence-corrected chi connectivity index (χ0v) is 16.4. The fraction of sp³-hybridized carbons (Fsp3) is 0.136. The van der Waals surface area contributed by atoms with Crippen LogP contribution in [0.5, 0.6) is 0 Å². The van der Waals surface area contributed by atoms with Gasteiger partial charge in [-0.1, -0.05) is 48.0 Å². The Morgan fingerprint density at radius 1 is 1.07 bits per heavy atom. The summed E-state index contributed by atoms with van der Waals surface area (Å²) in [6.07, 6.45) is 1.46. The van der Waals surface area contributed by atoms with E-state index in [0.29, 0.717) is 22.8 Å². The molecule has 0 bridgehead atoms. The first kappa shape index (κ1) is 19.6. The molecule has 0 saturated heterocycles. The van der Waals surface area contributed by atoms with Gasteiger partial charge >= 0.3 is 0 Å². The number of halogens is 1. The molecule has 0 radical (unpaired) electrons. The number of carbonyl (C=O) groups excluding carboxylic acids is 2. The zero-order chi connectivity index (χ0) is 20.1. The number of hydrogen-bond acceptors (Lipinski definition) is 3. The SMILES string of the molecule is Cc1c(Cl)cccc1NC(=O)c1ccnc(C(=O)N(C)Cc2ccccc2)c1. The summed E-state index contributed by atoms with van der Waals surface area (Å²) in [5.41, 5.74) is 3.00. The van der Waals surface area contributed by atoms with Gasteiger partial charge in [-0.05, 0) is 42.3 Å². The van der Waals surface area contributed by atoms with Gasteiger partial charge in [0.1, 0.15) is 5.69 Å². The second-order valence-corrected chi connectivity index (χ2v) is 6.85. The summed E-state index contributed by atoms with van der Waals surface area (Å²) < 4.78 is 0. The topological polar surface area (TPSA) is 62.3 Å². The van der Waals surface area contributed by atoms with Crippen LogP contribution in [0.4, 0.5) is 5.69 Å². The maximum atomic E-state index is 12.7. The van der Waals surface area contributed by atoms with E-state index in [9.17, 15) is 9.59 Å². The fourth-order valence-corrected chi connectivity index (χ4v) is 2.93. The van der Waals surface area contributed by atoms with Crippen LogP contribution in [0, 0.1) is 6.92 Å². The van der Waals surface area contributed by atoms with Crippen LogP contribution >= 0.6 is 11.6 Å². The molecule has 0 aliphatic rings. The van der Waals surface area contributed by atoms with E-state index in [0.717, 1.165) is 11.1 Å². The number of rotatable bonds is 5. The molecule has 1 N–H and O–H groups in total. The summed E-state index contributed by atoms with van der Waals surface area (Å²) in [5.74, 6) is -0.579. The Hall–Kier alpha value is -3.18. The molecule has 0 aliphatic carbocycles. The van der Waals surface area contributed by atoms with Crippen molar-refractivity contribution in [1.29, 1.82) is 0 Å². The maximum absolute atomic E-state index is 12.7. The number of hydrogen-bond donors (Lipinski definition) is 1. The first-order chi connectivity index (χ1) is 13.5. The van der Waals surface area contributed by atoms with E-state index in [-0.39, 0.29) is 17.5 Å². The van der Waals surface area contributed by atoms with Gasteiger partial charge < -0.3 is 10.2 Å². The van der Waals surface area contributed by atoms with E-state index in [1.54, 1.807) is 36.2 Å². The van der Waals surface area contributed by atoms with E-state index in [4.69, 9.17) is 11.6 Å². The van der Waals surface area contributed by atoms with Crippen molar-refractivity contribution in [3.63, 3.8) is 0 Å². The number of aromatic nitrogens is 1. The first-order valence-electron chi connectivity index (χ1n) is 8.77. The molecule has 0 spiro atoms. The number of amides is 2. The highest BCUT2D eigenvalue weighted by Crippen LogP contribution is 2.23. The highest BCUT2D eigenvalue weighted by atomic mass is 35.5. The minimum Gasteiger partial charge on any atom is -0.336 e. The van der Waals surface area contributed by atoms with Gasteiger partial charge in [0.05, 0.1) is 0 Å². The average Bonchev–Trinajstić information content (AvgIpc) is 2.71. The third-order valence-corrected chi connectivity index (χ3v) is 4.78. The molecule has 28 heavy (non-hydrogen) atoms. The van der Waals surface area contributed by atoms with Gasteiger partial charge in [0, 0.05) is 36.1 Å². The molecule has 6 heteroatoms. The molecule has 0 saturated carbocycles. The Bertz CT molecular complexity index is 1010. The predicted molar refractivity (Wildman–Crippen MR) is 111 cm³/mol. The minimum atomic E-state index is -0.326. The molecule has 2 aromatic carbocycles. The van der Waals surface area contributed by atoms with E-state index in [1.807, 2.05) is 37.3 Å². The van der Waals surface area contributed by atoms with Gasteiger partial charge in [-0.2, -0.15) is 0 Å². The normalized spacial score (nSPS) is 10.4. The Balaban J connectivity index is 1.75. The number of anilines is 1. The van der Waals surface area contributed by atoms with Crippen LogP contribution in [0.15, 0.2) is 66.9 Å². The van der Waals surface area contributed by atoms with Crippen LogP contribution in [-0.2, 0) is 6.54 Å². The standard InChI is InChI=1S/C22H20ClN3O2/c1-15-18(23)9-6-10-19(15)25-21(27)17-11-12-24-20(13-17)22(28)26(2)14-16-7-4-3-5-8-16/h3-13H,14H2,1-2H3,(H,25,27). The Kier molecular flexibility index (Phi) is 6.06. The summed E-state index contributed by atoms with van der Waals surface area (Å²) >= 11 is 6.10. The summed E-state index contributed by atoms with van der Waals surface area (Å²) in [6.45, 7) is 2.29. The van der Waals surface area contributed by atoms with Gasteiger partial charge in [-0.15, -0.1) is 0 Å². The van der Waals surface area contributed by atoms with Crippen LogP contribution in [-0.4, -0.2) is 28.7 Å². The van der Waals surface area contributed by atoms with Crippen molar-refractivity contribution in [2.45, 2.75) is 13.5 Å². The second kappa shape index (κ2) is 8.67. The number of nitrogens with zero attached hydrogens (tertiary/aromatic N) is 2. The van der Waals surface area contributed by atoms with Gasteiger partial charge in [0.15, 0.2) is 0 Å². The van der Waals surface area contributed by atoms with Crippen LogP contribution in [0.2, 0.25) is 5.02 Å². The number of carbonyl (C=O) groups is 2. The lowest BCUT2D eigenvalue weighted by Gasteiger charge is -2.17.